The maximum Gasteiger partial charge on any atom is 0.264 e. The quantitative estimate of drug-likeness (QED) is 0.159. The van der Waals surface area contributed by atoms with Crippen molar-refractivity contribution in [2.45, 2.75) is 51.1 Å². The number of amides is 2. The van der Waals surface area contributed by atoms with Crippen molar-refractivity contribution >= 4 is 39.1 Å². The van der Waals surface area contributed by atoms with Crippen LogP contribution in [-0.2, 0) is 32.6 Å². The number of hydrogen-bond acceptors (Lipinski definition) is 5. The fourth-order valence-corrected chi connectivity index (χ4v) is 6.49. The van der Waals surface area contributed by atoms with Crippen LogP contribution in [-0.4, -0.2) is 50.9 Å². The monoisotopic (exact) mass is 661 g/mol. The topological polar surface area (TPSA) is 96.0 Å². The normalized spacial score (nSPS) is 11.8. The molecule has 0 aliphatic rings. The summed E-state index contributed by atoms with van der Waals surface area (Å²) >= 11 is 6.15. The molecule has 2 amide bonds. The molecule has 4 rings (SSSR count). The molecule has 0 aromatic heterocycles. The molecule has 1 atom stereocenters. The molecule has 8 nitrogen and oxygen atoms in total. The average Bonchev–Trinajstić information content (AvgIpc) is 3.06. The van der Waals surface area contributed by atoms with Crippen molar-refractivity contribution in [2.75, 3.05) is 24.0 Å². The van der Waals surface area contributed by atoms with Gasteiger partial charge in [0.1, 0.15) is 18.3 Å². The Morgan fingerprint density at radius 3 is 2.11 bits per heavy atom. The molecule has 46 heavy (non-hydrogen) atoms. The number of anilines is 1. The summed E-state index contributed by atoms with van der Waals surface area (Å²) in [4.78, 5) is 29.7. The van der Waals surface area contributed by atoms with Crippen molar-refractivity contribution in [3.05, 3.63) is 125 Å². The van der Waals surface area contributed by atoms with Crippen LogP contribution in [0.4, 0.5) is 5.69 Å². The summed E-state index contributed by atoms with van der Waals surface area (Å²) in [5.41, 5.74) is 2.80. The third kappa shape index (κ3) is 9.11. The Hall–Kier alpha value is -4.34. The van der Waals surface area contributed by atoms with E-state index in [4.69, 9.17) is 16.3 Å². The first-order valence-electron chi connectivity index (χ1n) is 15.3. The molecule has 0 spiro atoms. The third-order valence-corrected chi connectivity index (χ3v) is 9.45. The van der Waals surface area contributed by atoms with E-state index < -0.39 is 28.5 Å². The van der Waals surface area contributed by atoms with Gasteiger partial charge in [0.25, 0.3) is 10.0 Å². The smallest absolute Gasteiger partial charge is 0.264 e. The zero-order valence-corrected chi connectivity index (χ0v) is 27.9. The van der Waals surface area contributed by atoms with Crippen LogP contribution in [0, 0.1) is 6.92 Å². The van der Waals surface area contributed by atoms with Gasteiger partial charge in [0.15, 0.2) is 0 Å². The van der Waals surface area contributed by atoms with E-state index in [0.717, 1.165) is 27.4 Å². The predicted molar refractivity (Wildman–Crippen MR) is 183 cm³/mol. The van der Waals surface area contributed by atoms with Crippen molar-refractivity contribution in [1.82, 2.24) is 10.2 Å². The Labute approximate surface area is 277 Å². The van der Waals surface area contributed by atoms with Gasteiger partial charge in [0, 0.05) is 24.5 Å². The summed E-state index contributed by atoms with van der Waals surface area (Å²) in [6, 6.07) is 28.6. The second kappa shape index (κ2) is 16.3. The van der Waals surface area contributed by atoms with Gasteiger partial charge in [0.2, 0.25) is 11.8 Å². The van der Waals surface area contributed by atoms with Crippen LogP contribution in [0.25, 0.3) is 0 Å². The van der Waals surface area contributed by atoms with Crippen molar-refractivity contribution in [3.8, 4) is 5.75 Å². The van der Waals surface area contributed by atoms with E-state index in [1.54, 1.807) is 60.7 Å². The zero-order chi connectivity index (χ0) is 33.1. The highest BCUT2D eigenvalue weighted by Gasteiger charge is 2.34. The first-order chi connectivity index (χ1) is 22.1. The maximum atomic E-state index is 14.5. The number of carbonyl (C=O) groups excluding carboxylic acids is 2. The maximum absolute atomic E-state index is 14.5. The highest BCUT2D eigenvalue weighted by Crippen LogP contribution is 2.27. The molecule has 0 aliphatic carbocycles. The van der Waals surface area contributed by atoms with E-state index in [9.17, 15) is 18.0 Å². The van der Waals surface area contributed by atoms with Crippen molar-refractivity contribution in [1.29, 1.82) is 0 Å². The van der Waals surface area contributed by atoms with E-state index in [1.165, 1.54) is 17.0 Å². The molecule has 0 saturated heterocycles. The lowest BCUT2D eigenvalue weighted by Gasteiger charge is -2.34. The van der Waals surface area contributed by atoms with Crippen molar-refractivity contribution in [2.24, 2.45) is 0 Å². The van der Waals surface area contributed by atoms with Gasteiger partial charge in [-0.05, 0) is 79.9 Å². The van der Waals surface area contributed by atoms with Gasteiger partial charge in [-0.2, -0.15) is 0 Å². The Morgan fingerprint density at radius 1 is 0.848 bits per heavy atom. The minimum Gasteiger partial charge on any atom is -0.494 e. The molecule has 4 aromatic carbocycles. The lowest BCUT2D eigenvalue weighted by atomic mass is 10.0. The standard InChI is InChI=1S/C36H40ClN3O5S/c1-4-23-38-36(42)34(24-28-9-7-6-8-10-28)39(25-29-13-15-30(37)16-14-29)35(41)26-40(31-17-19-32(20-18-31)45-5-2)46(43,44)33-21-11-27(3)12-22-33/h6-22,34H,4-5,23-26H2,1-3H3,(H,38,42)/t34-/m0/s1. The number of sulfonamides is 1. The fourth-order valence-electron chi connectivity index (χ4n) is 4.95. The van der Waals surface area contributed by atoms with Crippen LogP contribution in [0.5, 0.6) is 5.75 Å². The second-order valence-corrected chi connectivity index (χ2v) is 13.2. The van der Waals surface area contributed by atoms with Crippen LogP contribution in [0.15, 0.2) is 108 Å². The minimum absolute atomic E-state index is 0.0468. The van der Waals surface area contributed by atoms with Gasteiger partial charge in [-0.3, -0.25) is 13.9 Å². The number of nitrogens with zero attached hydrogens (tertiary/aromatic N) is 2. The molecular weight excluding hydrogens is 622 g/mol. The van der Waals surface area contributed by atoms with Gasteiger partial charge >= 0.3 is 0 Å². The van der Waals surface area contributed by atoms with Crippen LogP contribution in [0.1, 0.15) is 37.0 Å². The first-order valence-corrected chi connectivity index (χ1v) is 17.1. The summed E-state index contributed by atoms with van der Waals surface area (Å²) in [7, 11) is -4.20. The van der Waals surface area contributed by atoms with Gasteiger partial charge < -0.3 is 15.0 Å². The second-order valence-electron chi connectivity index (χ2n) is 10.9. The van der Waals surface area contributed by atoms with Crippen molar-refractivity contribution in [3.63, 3.8) is 0 Å². The molecule has 0 radical (unpaired) electrons. The number of ether oxygens (including phenoxy) is 1. The molecule has 242 valence electrons. The molecule has 0 aliphatic heterocycles. The van der Waals surface area contributed by atoms with Crippen LogP contribution in [0.3, 0.4) is 0 Å². The molecule has 0 unspecified atom stereocenters. The predicted octanol–water partition coefficient (Wildman–Crippen LogP) is 6.41. The zero-order valence-electron chi connectivity index (χ0n) is 26.4. The van der Waals surface area contributed by atoms with Crippen LogP contribution >= 0.6 is 11.6 Å². The molecule has 0 fully saturated rings. The summed E-state index contributed by atoms with van der Waals surface area (Å²) in [5.74, 6) is -0.278. The van der Waals surface area contributed by atoms with Gasteiger partial charge in [-0.1, -0.05) is 78.7 Å². The Kier molecular flexibility index (Phi) is 12.2. The molecule has 0 heterocycles. The Morgan fingerprint density at radius 2 is 1.50 bits per heavy atom. The van der Waals surface area contributed by atoms with Crippen LogP contribution < -0.4 is 14.4 Å². The summed E-state index contributed by atoms with van der Waals surface area (Å²) in [5, 5.41) is 3.48. The molecule has 10 heteroatoms. The first kappa shape index (κ1) is 34.5. The number of aryl methyl sites for hydroxylation is 1. The van der Waals surface area contributed by atoms with Gasteiger partial charge in [-0.15, -0.1) is 0 Å². The lowest BCUT2D eigenvalue weighted by molar-refractivity contribution is -0.140. The average molecular weight is 662 g/mol. The highest BCUT2D eigenvalue weighted by atomic mass is 35.5. The van der Waals surface area contributed by atoms with Gasteiger partial charge in [0.05, 0.1) is 17.2 Å². The van der Waals surface area contributed by atoms with Crippen molar-refractivity contribution < 1.29 is 22.7 Å². The number of carbonyl (C=O) groups is 2. The largest absolute Gasteiger partial charge is 0.494 e. The minimum atomic E-state index is -4.20. The Balaban J connectivity index is 1.79. The number of halogens is 1. The van der Waals surface area contributed by atoms with E-state index in [1.807, 2.05) is 51.1 Å². The van der Waals surface area contributed by atoms with E-state index in [2.05, 4.69) is 5.32 Å². The number of rotatable bonds is 15. The van der Waals surface area contributed by atoms with Gasteiger partial charge in [-0.25, -0.2) is 8.42 Å². The molecular formula is C36H40ClN3O5S. The fraction of sp³-hybridized carbons (Fsp3) is 0.278. The lowest BCUT2D eigenvalue weighted by Crippen LogP contribution is -2.53. The summed E-state index contributed by atoms with van der Waals surface area (Å²) in [6.07, 6.45) is 0.957. The third-order valence-electron chi connectivity index (χ3n) is 7.41. The van der Waals surface area contributed by atoms with E-state index in [0.29, 0.717) is 29.6 Å². The van der Waals surface area contributed by atoms with E-state index in [-0.39, 0.29) is 23.8 Å². The summed E-state index contributed by atoms with van der Waals surface area (Å²) in [6.45, 7) is 6.10. The summed E-state index contributed by atoms with van der Waals surface area (Å²) < 4.78 is 35.0. The number of benzene rings is 4. The molecule has 0 saturated carbocycles. The van der Waals surface area contributed by atoms with E-state index >= 15 is 0 Å². The molecule has 1 N–H and O–H groups in total. The molecule has 0 bridgehead atoms. The highest BCUT2D eigenvalue weighted by molar-refractivity contribution is 7.92. The Bertz CT molecular complexity index is 1680. The number of hydrogen-bond donors (Lipinski definition) is 1. The number of nitrogens with one attached hydrogen (secondary N) is 1. The SMILES string of the molecule is CCCNC(=O)[C@H](Cc1ccccc1)N(Cc1ccc(Cl)cc1)C(=O)CN(c1ccc(OCC)cc1)S(=O)(=O)c1ccc(C)cc1. The van der Waals surface area contributed by atoms with Crippen LogP contribution in [0.2, 0.25) is 5.02 Å². The molecule has 4 aromatic rings.